The first kappa shape index (κ1) is 12.5. The second-order valence-electron chi connectivity index (χ2n) is 4.12. The third-order valence-electron chi connectivity index (χ3n) is 2.87. The minimum atomic E-state index is 0.495. The summed E-state index contributed by atoms with van der Waals surface area (Å²) in [5.41, 5.74) is 8.68. The number of hydrogen-bond acceptors (Lipinski definition) is 3. The number of para-hydroxylation sites is 2. The Bertz CT molecular complexity index is 520. The van der Waals surface area contributed by atoms with Crippen molar-refractivity contribution in [3.8, 4) is 5.75 Å². The number of hydrogen-bond donors (Lipinski definition) is 1. The van der Waals surface area contributed by atoms with Crippen LogP contribution in [0.2, 0.25) is 0 Å². The summed E-state index contributed by atoms with van der Waals surface area (Å²) in [6.07, 6.45) is 0.938. The van der Waals surface area contributed by atoms with E-state index in [0.29, 0.717) is 12.3 Å². The number of benzene rings is 1. The van der Waals surface area contributed by atoms with Gasteiger partial charge in [0.05, 0.1) is 17.1 Å². The van der Waals surface area contributed by atoms with E-state index < -0.39 is 0 Å². The molecule has 0 bridgehead atoms. The van der Waals surface area contributed by atoms with Crippen molar-refractivity contribution in [3.63, 3.8) is 0 Å². The summed E-state index contributed by atoms with van der Waals surface area (Å²) >= 11 is 0. The quantitative estimate of drug-likeness (QED) is 0.824. The summed E-state index contributed by atoms with van der Waals surface area (Å²) in [6.45, 7) is 5.52. The second kappa shape index (κ2) is 5.58. The minimum absolute atomic E-state index is 0.495. The SMILES string of the molecule is CCc1cc(COc2ccccc2N)n(CC)n1. The summed E-state index contributed by atoms with van der Waals surface area (Å²) in [5, 5.41) is 4.49. The molecule has 0 aliphatic rings. The fourth-order valence-corrected chi connectivity index (χ4v) is 1.84. The van der Waals surface area contributed by atoms with Gasteiger partial charge >= 0.3 is 0 Å². The number of ether oxygens (including phenoxy) is 1. The zero-order valence-corrected chi connectivity index (χ0v) is 10.9. The van der Waals surface area contributed by atoms with Crippen LogP contribution in [0.4, 0.5) is 5.69 Å². The van der Waals surface area contributed by atoms with E-state index in [1.807, 2.05) is 28.9 Å². The lowest BCUT2D eigenvalue weighted by Crippen LogP contribution is -2.06. The van der Waals surface area contributed by atoms with Gasteiger partial charge in [-0.05, 0) is 31.5 Å². The van der Waals surface area contributed by atoms with E-state index in [2.05, 4.69) is 25.0 Å². The number of aromatic nitrogens is 2. The predicted molar refractivity (Wildman–Crippen MR) is 72.5 cm³/mol. The molecule has 0 amide bonds. The van der Waals surface area contributed by atoms with Crippen molar-refractivity contribution in [1.29, 1.82) is 0 Å². The van der Waals surface area contributed by atoms with E-state index in [0.717, 1.165) is 30.1 Å². The van der Waals surface area contributed by atoms with Crippen LogP contribution in [0.15, 0.2) is 30.3 Å². The van der Waals surface area contributed by atoms with Crippen LogP contribution in [-0.4, -0.2) is 9.78 Å². The van der Waals surface area contributed by atoms with Crippen LogP contribution < -0.4 is 10.5 Å². The average Bonchev–Trinajstić information content (AvgIpc) is 2.80. The molecule has 0 spiro atoms. The molecular formula is C14H19N3O. The molecule has 1 aromatic carbocycles. The third kappa shape index (κ3) is 2.64. The van der Waals surface area contributed by atoms with Crippen LogP contribution >= 0.6 is 0 Å². The molecule has 18 heavy (non-hydrogen) atoms. The highest BCUT2D eigenvalue weighted by Crippen LogP contribution is 2.21. The molecule has 0 saturated carbocycles. The molecule has 0 aliphatic carbocycles. The standard InChI is InChI=1S/C14H19N3O/c1-3-11-9-12(17(4-2)16-11)10-18-14-8-6-5-7-13(14)15/h5-9H,3-4,10,15H2,1-2H3. The number of nitrogen functional groups attached to an aromatic ring is 1. The molecule has 0 fully saturated rings. The average molecular weight is 245 g/mol. The maximum absolute atomic E-state index is 5.84. The van der Waals surface area contributed by atoms with Gasteiger partial charge in [0.15, 0.2) is 0 Å². The van der Waals surface area contributed by atoms with Gasteiger partial charge in [-0.25, -0.2) is 0 Å². The van der Waals surface area contributed by atoms with E-state index in [1.54, 1.807) is 0 Å². The third-order valence-corrected chi connectivity index (χ3v) is 2.87. The predicted octanol–water partition coefficient (Wildman–Crippen LogP) is 2.63. The molecular weight excluding hydrogens is 226 g/mol. The molecule has 2 rings (SSSR count). The highest BCUT2D eigenvalue weighted by molar-refractivity contribution is 5.51. The van der Waals surface area contributed by atoms with Crippen molar-refractivity contribution in [2.75, 3.05) is 5.73 Å². The van der Waals surface area contributed by atoms with Gasteiger partial charge in [-0.3, -0.25) is 4.68 Å². The molecule has 4 nitrogen and oxygen atoms in total. The molecule has 96 valence electrons. The lowest BCUT2D eigenvalue weighted by Gasteiger charge is -2.09. The van der Waals surface area contributed by atoms with Gasteiger partial charge in [-0.1, -0.05) is 19.1 Å². The number of nitrogens with zero attached hydrogens (tertiary/aromatic N) is 2. The fourth-order valence-electron chi connectivity index (χ4n) is 1.84. The first-order valence-electron chi connectivity index (χ1n) is 6.27. The molecule has 4 heteroatoms. The Kier molecular flexibility index (Phi) is 3.87. The summed E-state index contributed by atoms with van der Waals surface area (Å²) < 4.78 is 7.71. The highest BCUT2D eigenvalue weighted by atomic mass is 16.5. The number of anilines is 1. The zero-order chi connectivity index (χ0) is 13.0. The largest absolute Gasteiger partial charge is 0.485 e. The molecule has 0 saturated heterocycles. The van der Waals surface area contributed by atoms with Crippen molar-refractivity contribution in [1.82, 2.24) is 9.78 Å². The van der Waals surface area contributed by atoms with Gasteiger partial charge < -0.3 is 10.5 Å². The molecule has 0 unspecified atom stereocenters. The summed E-state index contributed by atoms with van der Waals surface area (Å²) in [7, 11) is 0. The summed E-state index contributed by atoms with van der Waals surface area (Å²) in [4.78, 5) is 0. The van der Waals surface area contributed by atoms with Crippen molar-refractivity contribution in [2.24, 2.45) is 0 Å². The normalized spacial score (nSPS) is 10.6. The lowest BCUT2D eigenvalue weighted by molar-refractivity contribution is 0.294. The van der Waals surface area contributed by atoms with Crippen molar-refractivity contribution in [3.05, 3.63) is 41.7 Å². The maximum Gasteiger partial charge on any atom is 0.142 e. The fraction of sp³-hybridized carbons (Fsp3) is 0.357. The van der Waals surface area contributed by atoms with E-state index in [-0.39, 0.29) is 0 Å². The molecule has 2 N–H and O–H groups in total. The van der Waals surface area contributed by atoms with Crippen LogP contribution in [0, 0.1) is 0 Å². The lowest BCUT2D eigenvalue weighted by atomic mass is 10.3. The molecule has 2 aromatic rings. The van der Waals surface area contributed by atoms with E-state index in [4.69, 9.17) is 10.5 Å². The Morgan fingerprint density at radius 2 is 2.06 bits per heavy atom. The van der Waals surface area contributed by atoms with Gasteiger partial charge in [0.1, 0.15) is 12.4 Å². The van der Waals surface area contributed by atoms with Gasteiger partial charge in [0.25, 0.3) is 0 Å². The Hall–Kier alpha value is -1.97. The van der Waals surface area contributed by atoms with E-state index in [9.17, 15) is 0 Å². The van der Waals surface area contributed by atoms with Gasteiger partial charge in [-0.15, -0.1) is 0 Å². The first-order chi connectivity index (χ1) is 8.74. The first-order valence-corrected chi connectivity index (χ1v) is 6.27. The minimum Gasteiger partial charge on any atom is -0.485 e. The Morgan fingerprint density at radius 1 is 1.28 bits per heavy atom. The van der Waals surface area contributed by atoms with E-state index in [1.165, 1.54) is 0 Å². The molecule has 1 heterocycles. The van der Waals surface area contributed by atoms with Gasteiger partial charge in [-0.2, -0.15) is 5.10 Å². The van der Waals surface area contributed by atoms with Crippen LogP contribution in [0.25, 0.3) is 0 Å². The smallest absolute Gasteiger partial charge is 0.142 e. The van der Waals surface area contributed by atoms with E-state index >= 15 is 0 Å². The monoisotopic (exact) mass is 245 g/mol. The number of rotatable bonds is 5. The number of aryl methyl sites for hydroxylation is 2. The van der Waals surface area contributed by atoms with Gasteiger partial charge in [0.2, 0.25) is 0 Å². The zero-order valence-electron chi connectivity index (χ0n) is 10.9. The molecule has 0 aliphatic heterocycles. The van der Waals surface area contributed by atoms with Crippen LogP contribution in [-0.2, 0) is 19.6 Å². The Labute approximate surface area is 107 Å². The second-order valence-corrected chi connectivity index (χ2v) is 4.12. The number of nitrogens with two attached hydrogens (primary N) is 1. The highest BCUT2D eigenvalue weighted by Gasteiger charge is 2.07. The molecule has 1 aromatic heterocycles. The summed E-state index contributed by atoms with van der Waals surface area (Å²) in [5.74, 6) is 0.722. The van der Waals surface area contributed by atoms with Crippen LogP contribution in [0.1, 0.15) is 25.2 Å². The van der Waals surface area contributed by atoms with Crippen LogP contribution in [0.5, 0.6) is 5.75 Å². The molecule has 0 atom stereocenters. The van der Waals surface area contributed by atoms with Crippen molar-refractivity contribution in [2.45, 2.75) is 33.4 Å². The Morgan fingerprint density at radius 3 is 2.72 bits per heavy atom. The maximum atomic E-state index is 5.84. The van der Waals surface area contributed by atoms with Crippen molar-refractivity contribution >= 4 is 5.69 Å². The van der Waals surface area contributed by atoms with Gasteiger partial charge in [0, 0.05) is 6.54 Å². The Balaban J connectivity index is 2.10. The topological polar surface area (TPSA) is 53.1 Å². The summed E-state index contributed by atoms with van der Waals surface area (Å²) in [6, 6.07) is 9.61. The van der Waals surface area contributed by atoms with Crippen molar-refractivity contribution < 1.29 is 4.74 Å². The van der Waals surface area contributed by atoms with Crippen LogP contribution in [0.3, 0.4) is 0 Å². The molecule has 0 radical (unpaired) electrons.